The lowest BCUT2D eigenvalue weighted by Crippen LogP contribution is -2.37. The number of benzene rings is 3. The minimum atomic E-state index is -1.31. The van der Waals surface area contributed by atoms with E-state index in [0.717, 1.165) is 49.6 Å². The number of pyridine rings is 3. The maximum atomic E-state index is 6.10. The molecule has 3 aromatic carbocycles. The van der Waals surface area contributed by atoms with E-state index in [1.807, 2.05) is 42.7 Å². The molecular weight excluding hydrogens is 494 g/mol. The van der Waals surface area contributed by atoms with Crippen molar-refractivity contribution in [3.63, 3.8) is 0 Å². The molecule has 0 radical (unpaired) electrons. The molecule has 39 heavy (non-hydrogen) atoms. The molecule has 7 rings (SSSR count). The van der Waals surface area contributed by atoms with Crippen molar-refractivity contribution in [2.75, 3.05) is 0 Å². The quantitative estimate of drug-likeness (QED) is 0.218. The van der Waals surface area contributed by atoms with Gasteiger partial charge in [-0.15, -0.1) is 0 Å². The van der Waals surface area contributed by atoms with Gasteiger partial charge in [0, 0.05) is 51.4 Å². The lowest BCUT2D eigenvalue weighted by molar-refractivity contribution is 0.655. The predicted molar refractivity (Wildman–Crippen MR) is 164 cm³/mol. The SMILES string of the molecule is C[Si](C)(C)c1ccc(-c2ccc3cc(-c4ccc(-c5cccc6c5oc5ncccc56)nc4)cnc3c2)cc1. The van der Waals surface area contributed by atoms with E-state index in [4.69, 9.17) is 14.4 Å². The number of hydrogen-bond acceptors (Lipinski definition) is 4. The maximum Gasteiger partial charge on any atom is 0.227 e. The summed E-state index contributed by atoms with van der Waals surface area (Å²) in [7, 11) is -1.31. The van der Waals surface area contributed by atoms with Gasteiger partial charge in [-0.05, 0) is 47.5 Å². The first kappa shape index (κ1) is 23.5. The fourth-order valence-corrected chi connectivity index (χ4v) is 6.35. The summed E-state index contributed by atoms with van der Waals surface area (Å²) in [6.45, 7) is 7.13. The lowest BCUT2D eigenvalue weighted by atomic mass is 10.0. The molecule has 0 unspecified atom stereocenters. The van der Waals surface area contributed by atoms with Crippen LogP contribution in [0.3, 0.4) is 0 Å². The van der Waals surface area contributed by atoms with Crippen LogP contribution in [0.15, 0.2) is 114 Å². The molecule has 0 fully saturated rings. The Kier molecular flexibility index (Phi) is 5.42. The summed E-state index contributed by atoms with van der Waals surface area (Å²) in [5.41, 5.74) is 8.74. The van der Waals surface area contributed by atoms with Crippen molar-refractivity contribution in [1.29, 1.82) is 0 Å². The second-order valence-electron chi connectivity index (χ2n) is 11.0. The Labute approximate surface area is 228 Å². The summed E-state index contributed by atoms with van der Waals surface area (Å²) in [5.74, 6) is 0. The summed E-state index contributed by atoms with van der Waals surface area (Å²) >= 11 is 0. The van der Waals surface area contributed by atoms with E-state index < -0.39 is 8.07 Å². The van der Waals surface area contributed by atoms with Gasteiger partial charge in [0.25, 0.3) is 0 Å². The Hall–Kier alpha value is -4.61. The summed E-state index contributed by atoms with van der Waals surface area (Å²) in [6.07, 6.45) is 5.59. The van der Waals surface area contributed by atoms with Crippen LogP contribution in [0.5, 0.6) is 0 Å². The van der Waals surface area contributed by atoms with Crippen molar-refractivity contribution in [1.82, 2.24) is 15.0 Å². The van der Waals surface area contributed by atoms with Gasteiger partial charge in [-0.2, -0.15) is 0 Å². The molecule has 0 aliphatic rings. The molecule has 0 saturated heterocycles. The molecule has 188 valence electrons. The van der Waals surface area contributed by atoms with Crippen LogP contribution in [-0.4, -0.2) is 23.0 Å². The fourth-order valence-electron chi connectivity index (χ4n) is 5.18. The van der Waals surface area contributed by atoms with Gasteiger partial charge in [0.2, 0.25) is 5.71 Å². The van der Waals surface area contributed by atoms with Gasteiger partial charge in [-0.25, -0.2) is 4.98 Å². The number of rotatable bonds is 4. The first-order valence-corrected chi connectivity index (χ1v) is 16.7. The summed E-state index contributed by atoms with van der Waals surface area (Å²) in [5, 5.41) is 4.64. The fraction of sp³-hybridized carbons (Fsp3) is 0.0882. The zero-order valence-electron chi connectivity index (χ0n) is 22.1. The zero-order chi connectivity index (χ0) is 26.6. The Balaban J connectivity index is 1.19. The van der Waals surface area contributed by atoms with Crippen LogP contribution in [0.1, 0.15) is 0 Å². The van der Waals surface area contributed by atoms with Crippen LogP contribution >= 0.6 is 0 Å². The average molecular weight is 522 g/mol. The number of hydrogen-bond donors (Lipinski definition) is 0. The Morgan fingerprint density at radius 2 is 1.38 bits per heavy atom. The second kappa shape index (κ2) is 9.00. The number of fused-ring (bicyclic) bond motifs is 4. The third-order valence-electron chi connectivity index (χ3n) is 7.42. The molecule has 4 heterocycles. The molecule has 0 atom stereocenters. The molecular formula is C34H27N3OSi. The molecule has 0 amide bonds. The zero-order valence-corrected chi connectivity index (χ0v) is 23.1. The molecule has 0 aliphatic carbocycles. The standard InChI is InChI=1S/C34H27N3OSi/c1-39(2,3)27-14-11-22(12-15-27)23-9-10-24-18-26(21-37-32(24)19-23)25-13-16-31(36-20-25)30-7-4-6-28-29-8-5-17-35-34(29)38-33(28)30/h4-21H,1-3H3. The molecule has 4 nitrogen and oxygen atoms in total. The highest BCUT2D eigenvalue weighted by Crippen LogP contribution is 2.35. The maximum absolute atomic E-state index is 6.10. The Morgan fingerprint density at radius 3 is 2.18 bits per heavy atom. The first-order chi connectivity index (χ1) is 18.9. The minimum absolute atomic E-state index is 0.644. The molecule has 0 saturated carbocycles. The van der Waals surface area contributed by atoms with E-state index in [1.165, 1.54) is 16.3 Å². The van der Waals surface area contributed by atoms with E-state index in [2.05, 4.69) is 85.3 Å². The molecule has 4 aromatic heterocycles. The van der Waals surface area contributed by atoms with E-state index in [1.54, 1.807) is 6.20 Å². The van der Waals surface area contributed by atoms with Crippen LogP contribution in [-0.2, 0) is 0 Å². The van der Waals surface area contributed by atoms with E-state index in [9.17, 15) is 0 Å². The third-order valence-corrected chi connectivity index (χ3v) is 9.48. The number of para-hydroxylation sites is 1. The van der Waals surface area contributed by atoms with Crippen LogP contribution in [0, 0.1) is 0 Å². The van der Waals surface area contributed by atoms with Gasteiger partial charge in [-0.1, -0.05) is 79.4 Å². The molecule has 5 heteroatoms. The minimum Gasteiger partial charge on any atom is -0.437 e. The summed E-state index contributed by atoms with van der Waals surface area (Å²) in [4.78, 5) is 14.0. The van der Waals surface area contributed by atoms with Crippen LogP contribution in [0.4, 0.5) is 0 Å². The highest BCUT2D eigenvalue weighted by molar-refractivity contribution is 6.88. The van der Waals surface area contributed by atoms with Gasteiger partial charge >= 0.3 is 0 Å². The molecule has 0 spiro atoms. The van der Waals surface area contributed by atoms with Crippen molar-refractivity contribution < 1.29 is 4.42 Å². The monoisotopic (exact) mass is 521 g/mol. The normalized spacial score (nSPS) is 12.0. The molecule has 0 bridgehead atoms. The topological polar surface area (TPSA) is 51.8 Å². The van der Waals surface area contributed by atoms with Gasteiger partial charge in [0.15, 0.2) is 0 Å². The highest BCUT2D eigenvalue weighted by Gasteiger charge is 2.16. The lowest BCUT2D eigenvalue weighted by Gasteiger charge is -2.16. The largest absolute Gasteiger partial charge is 0.437 e. The number of aromatic nitrogens is 3. The van der Waals surface area contributed by atoms with E-state index in [0.29, 0.717) is 5.71 Å². The predicted octanol–water partition coefficient (Wildman–Crippen LogP) is 8.47. The third kappa shape index (κ3) is 4.21. The Bertz CT molecular complexity index is 1990. The second-order valence-corrected chi connectivity index (χ2v) is 16.1. The summed E-state index contributed by atoms with van der Waals surface area (Å²) in [6, 6.07) is 32.0. The van der Waals surface area contributed by atoms with Crippen molar-refractivity contribution >= 4 is 46.2 Å². The van der Waals surface area contributed by atoms with Gasteiger partial charge in [-0.3, -0.25) is 9.97 Å². The van der Waals surface area contributed by atoms with Crippen LogP contribution in [0.25, 0.3) is 66.5 Å². The van der Waals surface area contributed by atoms with Crippen molar-refractivity contribution in [2.45, 2.75) is 19.6 Å². The molecule has 0 N–H and O–H groups in total. The van der Waals surface area contributed by atoms with Crippen LogP contribution < -0.4 is 5.19 Å². The highest BCUT2D eigenvalue weighted by atomic mass is 28.3. The van der Waals surface area contributed by atoms with Crippen molar-refractivity contribution in [3.05, 3.63) is 110 Å². The van der Waals surface area contributed by atoms with Gasteiger partial charge in [0.05, 0.1) is 19.3 Å². The Morgan fingerprint density at radius 1 is 0.615 bits per heavy atom. The average Bonchev–Trinajstić information content (AvgIpc) is 3.35. The van der Waals surface area contributed by atoms with Gasteiger partial charge in [0.1, 0.15) is 5.58 Å². The van der Waals surface area contributed by atoms with Crippen molar-refractivity contribution in [2.24, 2.45) is 0 Å². The molecule has 7 aromatic rings. The number of furan rings is 1. The van der Waals surface area contributed by atoms with Crippen LogP contribution in [0.2, 0.25) is 19.6 Å². The smallest absolute Gasteiger partial charge is 0.227 e. The van der Waals surface area contributed by atoms with Gasteiger partial charge < -0.3 is 4.42 Å². The van der Waals surface area contributed by atoms with E-state index >= 15 is 0 Å². The first-order valence-electron chi connectivity index (χ1n) is 13.2. The number of nitrogens with zero attached hydrogens (tertiary/aromatic N) is 3. The molecule has 0 aliphatic heterocycles. The summed E-state index contributed by atoms with van der Waals surface area (Å²) < 4.78 is 6.10. The van der Waals surface area contributed by atoms with Crippen molar-refractivity contribution in [3.8, 4) is 33.5 Å². The van der Waals surface area contributed by atoms with E-state index in [-0.39, 0.29) is 0 Å².